The molecule has 0 saturated carbocycles. The zero-order valence-corrected chi connectivity index (χ0v) is 17.1. The third-order valence-electron chi connectivity index (χ3n) is 4.32. The quantitative estimate of drug-likeness (QED) is 0.467. The van der Waals surface area contributed by atoms with Gasteiger partial charge in [0.25, 0.3) is 5.91 Å². The fraction of sp³-hybridized carbons (Fsp3) is 0.350. The van der Waals surface area contributed by atoms with Gasteiger partial charge >= 0.3 is 7.12 Å². The summed E-state index contributed by atoms with van der Waals surface area (Å²) in [5.74, 6) is -1.40. The van der Waals surface area contributed by atoms with E-state index in [0.29, 0.717) is 22.6 Å². The summed E-state index contributed by atoms with van der Waals surface area (Å²) in [5.41, 5.74) is 1.07. The Hall–Kier alpha value is -2.42. The van der Waals surface area contributed by atoms with Gasteiger partial charge in [0.15, 0.2) is 0 Å². The average Bonchev–Trinajstić information content (AvgIpc) is 2.67. The van der Waals surface area contributed by atoms with Crippen molar-refractivity contribution in [2.45, 2.75) is 38.7 Å². The summed E-state index contributed by atoms with van der Waals surface area (Å²) in [6.07, 6.45) is 3.34. The molecule has 0 bridgehead atoms. The number of benzene rings is 1. The number of rotatable bonds is 9. The molecular formula is C20H25BClN3O4. The fourth-order valence-electron chi connectivity index (χ4n) is 2.90. The molecule has 1 aromatic carbocycles. The van der Waals surface area contributed by atoms with Crippen LogP contribution >= 0.6 is 11.6 Å². The van der Waals surface area contributed by atoms with Gasteiger partial charge in [-0.2, -0.15) is 0 Å². The van der Waals surface area contributed by atoms with Crippen molar-refractivity contribution in [2.75, 3.05) is 0 Å². The number of hydrogen-bond acceptors (Lipinski definition) is 5. The molecule has 1 unspecified atom stereocenters. The highest BCUT2D eigenvalue weighted by atomic mass is 35.5. The Morgan fingerprint density at radius 2 is 1.83 bits per heavy atom. The lowest BCUT2D eigenvalue weighted by molar-refractivity contribution is -0.122. The van der Waals surface area contributed by atoms with Crippen molar-refractivity contribution in [3.8, 4) is 0 Å². The van der Waals surface area contributed by atoms with Crippen LogP contribution in [0.3, 0.4) is 0 Å². The van der Waals surface area contributed by atoms with Crippen molar-refractivity contribution in [1.29, 1.82) is 0 Å². The highest BCUT2D eigenvalue weighted by molar-refractivity contribution is 6.43. The molecule has 2 aromatic rings. The van der Waals surface area contributed by atoms with Crippen molar-refractivity contribution in [1.82, 2.24) is 15.6 Å². The maximum Gasteiger partial charge on any atom is 0.475 e. The van der Waals surface area contributed by atoms with Crippen molar-refractivity contribution in [3.05, 3.63) is 64.9 Å². The van der Waals surface area contributed by atoms with E-state index in [1.54, 1.807) is 42.6 Å². The highest BCUT2D eigenvalue weighted by Crippen LogP contribution is 2.20. The molecule has 29 heavy (non-hydrogen) atoms. The van der Waals surface area contributed by atoms with E-state index in [-0.39, 0.29) is 18.2 Å². The van der Waals surface area contributed by atoms with Gasteiger partial charge in [-0.3, -0.25) is 14.6 Å². The van der Waals surface area contributed by atoms with Crippen molar-refractivity contribution in [2.24, 2.45) is 5.92 Å². The van der Waals surface area contributed by atoms with Crippen LogP contribution in [0.15, 0.2) is 48.8 Å². The van der Waals surface area contributed by atoms with E-state index in [9.17, 15) is 19.6 Å². The second-order valence-corrected chi connectivity index (χ2v) is 7.68. The van der Waals surface area contributed by atoms with E-state index in [1.807, 2.05) is 13.8 Å². The number of pyridine rings is 1. The lowest BCUT2D eigenvalue weighted by Gasteiger charge is -2.23. The molecular weight excluding hydrogens is 393 g/mol. The number of carbonyl (C=O) groups excluding carboxylic acids is 2. The Kier molecular flexibility index (Phi) is 8.63. The fourth-order valence-corrected chi connectivity index (χ4v) is 3.03. The summed E-state index contributed by atoms with van der Waals surface area (Å²) < 4.78 is 0. The van der Waals surface area contributed by atoms with Crippen molar-refractivity contribution < 1.29 is 19.6 Å². The SMILES string of the molecule is CC(C)C[C@H](NC(=O)CC(NC(=O)c1cccnc1)c1ccc(Cl)cc1)B(O)O. The van der Waals surface area contributed by atoms with Crippen molar-refractivity contribution >= 4 is 30.5 Å². The second kappa shape index (κ2) is 10.9. The molecule has 0 aliphatic carbocycles. The topological polar surface area (TPSA) is 112 Å². The highest BCUT2D eigenvalue weighted by Gasteiger charge is 2.27. The summed E-state index contributed by atoms with van der Waals surface area (Å²) in [6, 6.07) is 9.47. The molecule has 9 heteroatoms. The van der Waals surface area contributed by atoms with E-state index in [0.717, 1.165) is 0 Å². The van der Waals surface area contributed by atoms with Gasteiger partial charge in [-0.25, -0.2) is 0 Å². The molecule has 7 nitrogen and oxygen atoms in total. The molecule has 0 saturated heterocycles. The van der Waals surface area contributed by atoms with E-state index in [1.165, 1.54) is 6.20 Å². The first kappa shape index (κ1) is 22.9. The average molecular weight is 418 g/mol. The number of amides is 2. The summed E-state index contributed by atoms with van der Waals surface area (Å²) in [6.45, 7) is 3.85. The standard InChI is InChI=1S/C20H25BClN3O4/c1-13(2)10-18(21(28)29)25-19(26)11-17(14-5-7-16(22)8-6-14)24-20(27)15-4-3-9-23-12-15/h3-9,12-13,17-18,28-29H,10-11H2,1-2H3,(H,24,27)(H,25,26)/t17?,18-/m0/s1. The van der Waals surface area contributed by atoms with Crippen molar-refractivity contribution in [3.63, 3.8) is 0 Å². The molecule has 0 spiro atoms. The molecule has 1 heterocycles. The van der Waals surface area contributed by atoms with Gasteiger partial charge in [-0.1, -0.05) is 37.6 Å². The third-order valence-corrected chi connectivity index (χ3v) is 4.57. The minimum Gasteiger partial charge on any atom is -0.426 e. The van der Waals surface area contributed by atoms with Crippen LogP contribution in [-0.4, -0.2) is 39.9 Å². The second-order valence-electron chi connectivity index (χ2n) is 7.24. The molecule has 1 aromatic heterocycles. The normalized spacial score (nSPS) is 12.9. The maximum absolute atomic E-state index is 12.6. The van der Waals surface area contributed by atoms with E-state index in [2.05, 4.69) is 15.6 Å². The smallest absolute Gasteiger partial charge is 0.426 e. The molecule has 4 N–H and O–H groups in total. The Morgan fingerprint density at radius 1 is 1.14 bits per heavy atom. The first-order valence-corrected chi connectivity index (χ1v) is 9.76. The van der Waals surface area contributed by atoms with Gasteiger partial charge in [0.2, 0.25) is 5.91 Å². The molecule has 154 valence electrons. The van der Waals surface area contributed by atoms with Crippen LogP contribution in [0.2, 0.25) is 5.02 Å². The van der Waals surface area contributed by atoms with Gasteiger partial charge in [0, 0.05) is 17.4 Å². The first-order chi connectivity index (χ1) is 13.8. The van der Waals surface area contributed by atoms with Crippen LogP contribution in [0.4, 0.5) is 0 Å². The molecule has 2 amide bonds. The van der Waals surface area contributed by atoms with Crippen LogP contribution in [0.5, 0.6) is 0 Å². The maximum atomic E-state index is 12.6. The molecule has 0 aliphatic rings. The van der Waals surface area contributed by atoms with Crippen LogP contribution in [0.25, 0.3) is 0 Å². The van der Waals surface area contributed by atoms with Gasteiger partial charge in [0.1, 0.15) is 0 Å². The molecule has 2 rings (SSSR count). The predicted octanol–water partition coefficient (Wildman–Crippen LogP) is 2.14. The third kappa shape index (κ3) is 7.49. The zero-order valence-electron chi connectivity index (χ0n) is 16.4. The lowest BCUT2D eigenvalue weighted by Crippen LogP contribution is -2.48. The van der Waals surface area contributed by atoms with Gasteiger partial charge < -0.3 is 20.7 Å². The minimum atomic E-state index is -1.67. The number of halogens is 1. The van der Waals surface area contributed by atoms with Gasteiger partial charge in [-0.15, -0.1) is 0 Å². The number of nitrogens with zero attached hydrogens (tertiary/aromatic N) is 1. The molecule has 0 radical (unpaired) electrons. The molecule has 0 aliphatic heterocycles. The molecule has 2 atom stereocenters. The van der Waals surface area contributed by atoms with E-state index < -0.39 is 25.0 Å². The largest absolute Gasteiger partial charge is 0.475 e. The predicted molar refractivity (Wildman–Crippen MR) is 112 cm³/mol. The summed E-state index contributed by atoms with van der Waals surface area (Å²) in [5, 5.41) is 25.1. The lowest BCUT2D eigenvalue weighted by atomic mass is 9.75. The first-order valence-electron chi connectivity index (χ1n) is 9.38. The Labute approximate surface area is 175 Å². The van der Waals surface area contributed by atoms with Crippen LogP contribution < -0.4 is 10.6 Å². The Morgan fingerprint density at radius 3 is 2.38 bits per heavy atom. The number of nitrogens with one attached hydrogen (secondary N) is 2. The Bertz CT molecular complexity index is 803. The van der Waals surface area contributed by atoms with Crippen LogP contribution in [0, 0.1) is 5.92 Å². The summed E-state index contributed by atoms with van der Waals surface area (Å²) in [7, 11) is -1.67. The monoisotopic (exact) mass is 417 g/mol. The summed E-state index contributed by atoms with van der Waals surface area (Å²) >= 11 is 5.95. The van der Waals surface area contributed by atoms with Gasteiger partial charge in [0.05, 0.1) is 24.0 Å². The van der Waals surface area contributed by atoms with E-state index in [4.69, 9.17) is 11.6 Å². The minimum absolute atomic E-state index is 0.0745. The van der Waals surface area contributed by atoms with Gasteiger partial charge in [-0.05, 0) is 42.2 Å². The molecule has 0 fully saturated rings. The van der Waals surface area contributed by atoms with Crippen LogP contribution in [-0.2, 0) is 4.79 Å². The number of carbonyl (C=O) groups is 2. The van der Waals surface area contributed by atoms with E-state index >= 15 is 0 Å². The zero-order chi connectivity index (χ0) is 21.4. The Balaban J connectivity index is 2.15. The number of hydrogen-bond donors (Lipinski definition) is 4. The summed E-state index contributed by atoms with van der Waals surface area (Å²) in [4.78, 5) is 29.1. The number of aromatic nitrogens is 1. The van der Waals surface area contributed by atoms with Crippen LogP contribution in [0.1, 0.15) is 48.7 Å².